The number of hydrogen-bond acceptors (Lipinski definition) is 11. The van der Waals surface area contributed by atoms with E-state index < -0.39 is 36.0 Å². The predicted octanol–water partition coefficient (Wildman–Crippen LogP) is 0.252. The average Bonchev–Trinajstić information content (AvgIpc) is 3.15. The monoisotopic (exact) mass is 494 g/mol. The molecule has 4 atom stereocenters. The van der Waals surface area contributed by atoms with Gasteiger partial charge in [0.1, 0.15) is 23.8 Å². The number of hydrogen-bond donors (Lipinski definition) is 3. The van der Waals surface area contributed by atoms with Crippen molar-refractivity contribution in [2.24, 2.45) is 10.2 Å². The second-order valence-corrected chi connectivity index (χ2v) is 9.21. The smallest absolute Gasteiger partial charge is 0.225 e. The summed E-state index contributed by atoms with van der Waals surface area (Å²) in [6.07, 6.45) is 5.84. The van der Waals surface area contributed by atoms with Gasteiger partial charge in [-0.1, -0.05) is 5.92 Å². The van der Waals surface area contributed by atoms with Crippen LogP contribution in [0.4, 0.5) is 5.82 Å². The number of terminal acetylenes is 1. The maximum atomic E-state index is 12.2. The van der Waals surface area contributed by atoms with Crippen LogP contribution in [-0.2, 0) is 19.0 Å². The highest BCUT2D eigenvalue weighted by atomic mass is 16.8. The molecular weight excluding hydrogens is 468 g/mol. The summed E-state index contributed by atoms with van der Waals surface area (Å²) < 4.78 is 19.7. The van der Waals surface area contributed by atoms with E-state index in [2.05, 4.69) is 48.3 Å². The van der Waals surface area contributed by atoms with Gasteiger partial charge in [0.2, 0.25) is 17.4 Å². The number of nitrogen functional groups attached to an aromatic ring is 1. The topological polar surface area (TPSA) is 171 Å². The SMILES string of the molecule is C#CCCC1(CC(=O)NCC#Cc2nc(N)c3ncn(C4OC(CO)C5OC(C)(C)OC54)c3n2)N=N1. The van der Waals surface area contributed by atoms with Crippen molar-refractivity contribution in [1.29, 1.82) is 0 Å². The predicted molar refractivity (Wildman–Crippen MR) is 125 cm³/mol. The van der Waals surface area contributed by atoms with Gasteiger partial charge >= 0.3 is 0 Å². The van der Waals surface area contributed by atoms with Crippen molar-refractivity contribution in [2.75, 3.05) is 18.9 Å². The number of nitrogens with one attached hydrogen (secondary N) is 1. The zero-order chi connectivity index (χ0) is 25.5. The van der Waals surface area contributed by atoms with Crippen LogP contribution in [0.25, 0.3) is 11.2 Å². The Morgan fingerprint density at radius 3 is 2.81 bits per heavy atom. The van der Waals surface area contributed by atoms with E-state index in [0.29, 0.717) is 24.0 Å². The number of ether oxygens (including phenoxy) is 3. The highest BCUT2D eigenvalue weighted by molar-refractivity contribution is 5.82. The van der Waals surface area contributed by atoms with Crippen LogP contribution in [0.2, 0.25) is 0 Å². The molecule has 2 fully saturated rings. The lowest BCUT2D eigenvalue weighted by Crippen LogP contribution is -2.31. The second kappa shape index (κ2) is 9.11. The minimum absolute atomic E-state index is 0.0819. The first-order valence-electron chi connectivity index (χ1n) is 11.5. The zero-order valence-electron chi connectivity index (χ0n) is 19.8. The van der Waals surface area contributed by atoms with E-state index in [1.54, 1.807) is 18.4 Å². The molecule has 2 saturated heterocycles. The molecule has 3 aliphatic rings. The quantitative estimate of drug-likeness (QED) is 0.456. The second-order valence-electron chi connectivity index (χ2n) is 9.21. The van der Waals surface area contributed by atoms with Crippen molar-refractivity contribution in [3.63, 3.8) is 0 Å². The lowest BCUT2D eigenvalue weighted by atomic mass is 10.0. The number of amides is 1. The van der Waals surface area contributed by atoms with Gasteiger partial charge in [0.05, 0.1) is 25.9 Å². The van der Waals surface area contributed by atoms with Gasteiger partial charge in [-0.25, -0.2) is 15.0 Å². The molecule has 3 aliphatic heterocycles. The minimum Gasteiger partial charge on any atom is -0.394 e. The van der Waals surface area contributed by atoms with Crippen LogP contribution >= 0.6 is 0 Å². The Morgan fingerprint density at radius 1 is 1.31 bits per heavy atom. The summed E-state index contributed by atoms with van der Waals surface area (Å²) >= 11 is 0. The number of aliphatic hydroxyl groups excluding tert-OH is 1. The third-order valence-electron chi connectivity index (χ3n) is 6.10. The summed E-state index contributed by atoms with van der Waals surface area (Å²) in [6.45, 7) is 3.47. The first-order valence-corrected chi connectivity index (χ1v) is 11.5. The van der Waals surface area contributed by atoms with E-state index >= 15 is 0 Å². The van der Waals surface area contributed by atoms with Crippen LogP contribution in [0.3, 0.4) is 0 Å². The summed E-state index contributed by atoms with van der Waals surface area (Å²) in [4.78, 5) is 25.2. The highest BCUT2D eigenvalue weighted by Crippen LogP contribution is 2.43. The Morgan fingerprint density at radius 2 is 2.08 bits per heavy atom. The number of rotatable bonds is 7. The molecule has 13 heteroatoms. The van der Waals surface area contributed by atoms with Crippen molar-refractivity contribution in [1.82, 2.24) is 24.8 Å². The Labute approximate surface area is 206 Å². The first kappa shape index (κ1) is 24.1. The summed E-state index contributed by atoms with van der Waals surface area (Å²) in [6, 6.07) is 0. The molecule has 4 N–H and O–H groups in total. The molecule has 188 valence electrons. The summed E-state index contributed by atoms with van der Waals surface area (Å²) in [7, 11) is 0. The Balaban J connectivity index is 1.29. The van der Waals surface area contributed by atoms with Crippen molar-refractivity contribution >= 4 is 22.9 Å². The standard InChI is InChI=1S/C23H26N8O5/c1-4-5-8-23(29-30-23)10-15(33)25-9-6-7-14-27-19(24)16-20(28-14)31(12-26-16)21-18-17(13(11-32)34-21)35-22(2,3)36-18/h1,12-13,17-18,21,32H,5,8-11H2,2-3H3,(H,25,33)(H2,24,27,28). The lowest BCUT2D eigenvalue weighted by molar-refractivity contribution is -0.199. The Bertz CT molecular complexity index is 1310. The molecule has 2 aromatic rings. The van der Waals surface area contributed by atoms with Crippen LogP contribution in [0.1, 0.15) is 45.2 Å². The molecule has 0 radical (unpaired) electrons. The molecule has 2 aromatic heterocycles. The first-order chi connectivity index (χ1) is 17.2. The van der Waals surface area contributed by atoms with Crippen LogP contribution in [0.5, 0.6) is 0 Å². The average molecular weight is 495 g/mol. The number of carbonyl (C=O) groups is 1. The molecule has 1 amide bonds. The van der Waals surface area contributed by atoms with Gasteiger partial charge in [-0.3, -0.25) is 9.36 Å². The zero-order valence-corrected chi connectivity index (χ0v) is 19.8. The van der Waals surface area contributed by atoms with Crippen molar-refractivity contribution in [3.05, 3.63) is 12.2 Å². The van der Waals surface area contributed by atoms with Gasteiger partial charge in [-0.15, -0.1) is 12.3 Å². The summed E-state index contributed by atoms with van der Waals surface area (Å²) in [5.74, 6) is 7.43. The number of nitrogens with two attached hydrogens (primary N) is 1. The van der Waals surface area contributed by atoms with Crippen molar-refractivity contribution in [3.8, 4) is 24.2 Å². The fourth-order valence-corrected chi connectivity index (χ4v) is 4.40. The molecule has 13 nitrogen and oxygen atoms in total. The third kappa shape index (κ3) is 4.62. The van der Waals surface area contributed by atoms with Crippen molar-refractivity contribution in [2.45, 2.75) is 69.1 Å². The molecule has 5 heterocycles. The van der Waals surface area contributed by atoms with E-state index in [1.165, 1.54) is 6.33 Å². The van der Waals surface area contributed by atoms with E-state index in [0.717, 1.165) is 0 Å². The largest absolute Gasteiger partial charge is 0.394 e. The number of fused-ring (bicyclic) bond motifs is 2. The van der Waals surface area contributed by atoms with Crippen LogP contribution in [-0.4, -0.2) is 73.4 Å². The number of carbonyl (C=O) groups excluding carboxylic acids is 1. The number of nitrogens with zero attached hydrogens (tertiary/aromatic N) is 6. The molecule has 0 aromatic carbocycles. The van der Waals surface area contributed by atoms with Crippen LogP contribution in [0.15, 0.2) is 16.6 Å². The molecular formula is C23H26N8O5. The number of imidazole rings is 1. The maximum Gasteiger partial charge on any atom is 0.225 e. The molecule has 5 rings (SSSR count). The number of anilines is 1. The summed E-state index contributed by atoms with van der Waals surface area (Å²) in [5.41, 5.74) is 6.20. The van der Waals surface area contributed by atoms with Gasteiger partial charge in [-0.2, -0.15) is 10.2 Å². The van der Waals surface area contributed by atoms with E-state index in [-0.39, 0.29) is 37.1 Å². The molecule has 0 bridgehead atoms. The van der Waals surface area contributed by atoms with Crippen LogP contribution < -0.4 is 11.1 Å². The van der Waals surface area contributed by atoms with Gasteiger partial charge in [0, 0.05) is 12.8 Å². The fourth-order valence-electron chi connectivity index (χ4n) is 4.40. The van der Waals surface area contributed by atoms with Gasteiger partial charge in [0.25, 0.3) is 0 Å². The normalized spacial score (nSPS) is 26.7. The van der Waals surface area contributed by atoms with E-state index in [1.807, 2.05) is 0 Å². The van der Waals surface area contributed by atoms with Gasteiger partial charge in [0.15, 0.2) is 23.5 Å². The molecule has 0 aliphatic carbocycles. The maximum absolute atomic E-state index is 12.2. The van der Waals surface area contributed by atoms with E-state index in [9.17, 15) is 9.90 Å². The minimum atomic E-state index is -0.821. The molecule has 4 unspecified atom stereocenters. The Kier molecular flexibility index (Phi) is 6.10. The summed E-state index contributed by atoms with van der Waals surface area (Å²) in [5, 5.41) is 20.4. The highest BCUT2D eigenvalue weighted by Gasteiger charge is 2.56. The van der Waals surface area contributed by atoms with Gasteiger partial charge < -0.3 is 30.4 Å². The fraction of sp³-hybridized carbons (Fsp3) is 0.565. The number of aromatic nitrogens is 4. The molecule has 0 spiro atoms. The van der Waals surface area contributed by atoms with Gasteiger partial charge in [-0.05, 0) is 19.8 Å². The molecule has 0 saturated carbocycles. The van der Waals surface area contributed by atoms with E-state index in [4.69, 9.17) is 26.4 Å². The number of aliphatic hydroxyl groups is 1. The third-order valence-corrected chi connectivity index (χ3v) is 6.10. The Hall–Kier alpha value is -3.62. The van der Waals surface area contributed by atoms with Crippen LogP contribution in [0, 0.1) is 24.2 Å². The molecule has 36 heavy (non-hydrogen) atoms. The van der Waals surface area contributed by atoms with Crippen molar-refractivity contribution < 1.29 is 24.1 Å². The lowest BCUT2D eigenvalue weighted by Gasteiger charge is -2.24.